The highest BCUT2D eigenvalue weighted by atomic mass is 31.2. The molecule has 0 saturated carbocycles. The van der Waals surface area contributed by atoms with E-state index in [-0.39, 0.29) is 12.0 Å². The molecule has 0 saturated heterocycles. The Morgan fingerprint density at radius 3 is 1.64 bits per heavy atom. The van der Waals surface area contributed by atoms with Crippen LogP contribution < -0.4 is 15.7 Å². The highest BCUT2D eigenvalue weighted by molar-refractivity contribution is 7.76. The van der Waals surface area contributed by atoms with Gasteiger partial charge >= 0.3 is 0 Å². The average molecular weight is 452 g/mol. The van der Waals surface area contributed by atoms with Crippen molar-refractivity contribution in [2.24, 2.45) is 5.92 Å². The summed E-state index contributed by atoms with van der Waals surface area (Å²) in [4.78, 5) is 0. The molecule has 0 unspecified atom stereocenters. The molecule has 4 rings (SSSR count). The summed E-state index contributed by atoms with van der Waals surface area (Å²) < 4.78 is 14.7. The van der Waals surface area contributed by atoms with Crippen LogP contribution >= 0.6 is 7.29 Å². The predicted octanol–water partition coefficient (Wildman–Crippen LogP) is 6.68. The molecule has 2 nitrogen and oxygen atoms in total. The summed E-state index contributed by atoms with van der Waals surface area (Å²) in [6.07, 6.45) is 3.85. The van der Waals surface area contributed by atoms with Gasteiger partial charge in [-0.05, 0) is 54.2 Å². The Morgan fingerprint density at radius 1 is 0.697 bits per heavy atom. The summed E-state index contributed by atoms with van der Waals surface area (Å²) in [5, 5.41) is 5.27. The van der Waals surface area contributed by atoms with Crippen LogP contribution in [-0.2, 0) is 11.0 Å². The van der Waals surface area contributed by atoms with E-state index in [9.17, 15) is 4.57 Å². The smallest absolute Gasteiger partial charge is 0.205 e. The summed E-state index contributed by atoms with van der Waals surface area (Å²) in [5.41, 5.74) is 2.41. The molecule has 0 radical (unpaired) electrons. The molecule has 0 amide bonds. The molecule has 1 N–H and O–H groups in total. The molecule has 0 aromatic heterocycles. The zero-order valence-electron chi connectivity index (χ0n) is 18.8. The van der Waals surface area contributed by atoms with Crippen molar-refractivity contribution < 1.29 is 4.57 Å². The lowest BCUT2D eigenvalue weighted by Crippen LogP contribution is -2.34. The van der Waals surface area contributed by atoms with E-state index in [0.717, 1.165) is 29.0 Å². The van der Waals surface area contributed by atoms with Crippen molar-refractivity contribution in [2.45, 2.75) is 18.9 Å². The Morgan fingerprint density at radius 2 is 1.15 bits per heavy atom. The van der Waals surface area contributed by atoms with Gasteiger partial charge in [-0.25, -0.2) is 0 Å². The zero-order chi connectivity index (χ0) is 22.9. The van der Waals surface area contributed by atoms with E-state index in [1.165, 1.54) is 5.56 Å². The normalized spacial score (nSPS) is 13.2. The Balaban J connectivity index is 1.73. The summed E-state index contributed by atoms with van der Waals surface area (Å²) in [6, 6.07) is 40.2. The first kappa shape index (κ1) is 23.0. The van der Waals surface area contributed by atoms with Gasteiger partial charge in [0.25, 0.3) is 0 Å². The fourth-order valence-corrected chi connectivity index (χ4v) is 6.76. The molecule has 0 aliphatic rings. The molecule has 33 heavy (non-hydrogen) atoms. The maximum Gasteiger partial charge on any atom is 0.205 e. The van der Waals surface area contributed by atoms with Crippen molar-refractivity contribution in [3.05, 3.63) is 145 Å². The first-order valence-electron chi connectivity index (χ1n) is 11.4. The standard InChI is InChI=1S/C30H30NOP/c1-2-26(24-23-25-15-7-3-8-16-25)30(27-17-9-4-10-18-27)31-33(32,28-19-11-5-12-20-28)29-21-13-6-14-22-29/h2-22,26,30H,1,23-24H2,(H,31,32)/t26-,30-/m1/s1. The molecule has 0 heterocycles. The molecular formula is C30H30NOP. The van der Waals surface area contributed by atoms with Crippen LogP contribution in [0.4, 0.5) is 0 Å². The van der Waals surface area contributed by atoms with E-state index < -0.39 is 7.29 Å². The van der Waals surface area contributed by atoms with Crippen molar-refractivity contribution >= 4 is 17.9 Å². The van der Waals surface area contributed by atoms with Crippen LogP contribution in [-0.4, -0.2) is 0 Å². The maximum absolute atomic E-state index is 14.7. The minimum Gasteiger partial charge on any atom is -0.297 e. The first-order chi connectivity index (χ1) is 16.2. The monoisotopic (exact) mass is 451 g/mol. The molecule has 2 atom stereocenters. The molecule has 3 heteroatoms. The van der Waals surface area contributed by atoms with Gasteiger partial charge in [0.15, 0.2) is 0 Å². The first-order valence-corrected chi connectivity index (χ1v) is 13.1. The SMILES string of the molecule is C=C[C@H](CCc1ccccc1)[C@@H](NP(=O)(c1ccccc1)c1ccccc1)c1ccccc1. The van der Waals surface area contributed by atoms with E-state index in [1.54, 1.807) is 0 Å². The molecule has 0 aliphatic carbocycles. The van der Waals surface area contributed by atoms with Gasteiger partial charge < -0.3 is 0 Å². The van der Waals surface area contributed by atoms with Crippen LogP contribution in [0, 0.1) is 5.92 Å². The van der Waals surface area contributed by atoms with Crippen LogP contribution in [0.5, 0.6) is 0 Å². The quantitative estimate of drug-likeness (QED) is 0.215. The minimum absolute atomic E-state index is 0.105. The number of hydrogen-bond donors (Lipinski definition) is 1. The van der Waals surface area contributed by atoms with Crippen molar-refractivity contribution in [2.75, 3.05) is 0 Å². The van der Waals surface area contributed by atoms with Crippen LogP contribution in [0.2, 0.25) is 0 Å². The lowest BCUT2D eigenvalue weighted by atomic mass is 9.89. The highest BCUT2D eigenvalue weighted by Gasteiger charge is 2.33. The fourth-order valence-electron chi connectivity index (χ4n) is 4.25. The molecule has 4 aromatic carbocycles. The number of benzene rings is 4. The van der Waals surface area contributed by atoms with Gasteiger partial charge in [-0.2, -0.15) is 0 Å². The molecule has 0 spiro atoms. The van der Waals surface area contributed by atoms with Gasteiger partial charge in [0.2, 0.25) is 7.29 Å². The fraction of sp³-hybridized carbons (Fsp3) is 0.133. The van der Waals surface area contributed by atoms with Gasteiger partial charge in [0, 0.05) is 16.7 Å². The molecular weight excluding hydrogens is 421 g/mol. The van der Waals surface area contributed by atoms with Gasteiger partial charge in [-0.3, -0.25) is 9.65 Å². The summed E-state index contributed by atoms with van der Waals surface area (Å²) in [5.74, 6) is 0.105. The van der Waals surface area contributed by atoms with Crippen LogP contribution in [0.3, 0.4) is 0 Å². The summed E-state index contributed by atoms with van der Waals surface area (Å²) >= 11 is 0. The second-order valence-corrected chi connectivity index (χ2v) is 10.7. The van der Waals surface area contributed by atoms with Gasteiger partial charge in [-0.1, -0.05) is 103 Å². The topological polar surface area (TPSA) is 29.1 Å². The largest absolute Gasteiger partial charge is 0.297 e. The van der Waals surface area contributed by atoms with E-state index in [4.69, 9.17) is 0 Å². The zero-order valence-corrected chi connectivity index (χ0v) is 19.7. The second-order valence-electron chi connectivity index (χ2n) is 8.22. The van der Waals surface area contributed by atoms with E-state index in [1.807, 2.05) is 91.0 Å². The second kappa shape index (κ2) is 11.1. The molecule has 0 bridgehead atoms. The van der Waals surface area contributed by atoms with Crippen molar-refractivity contribution in [1.29, 1.82) is 0 Å². The molecule has 0 fully saturated rings. The number of hydrogen-bond acceptors (Lipinski definition) is 1. The summed E-state index contributed by atoms with van der Waals surface area (Å²) in [6.45, 7) is 4.17. The van der Waals surface area contributed by atoms with Crippen LogP contribution in [0.15, 0.2) is 134 Å². The van der Waals surface area contributed by atoms with E-state index in [2.05, 4.69) is 48.1 Å². The van der Waals surface area contributed by atoms with Crippen molar-refractivity contribution in [1.82, 2.24) is 5.09 Å². The van der Waals surface area contributed by atoms with Gasteiger partial charge in [0.05, 0.1) is 0 Å². The lowest BCUT2D eigenvalue weighted by molar-refractivity contribution is 0.450. The third-order valence-corrected chi connectivity index (χ3v) is 8.75. The van der Waals surface area contributed by atoms with Crippen LogP contribution in [0.25, 0.3) is 0 Å². The van der Waals surface area contributed by atoms with Crippen LogP contribution in [0.1, 0.15) is 23.6 Å². The lowest BCUT2D eigenvalue weighted by Gasteiger charge is -2.32. The highest BCUT2D eigenvalue weighted by Crippen LogP contribution is 2.44. The van der Waals surface area contributed by atoms with E-state index >= 15 is 0 Å². The molecule has 166 valence electrons. The number of nitrogens with one attached hydrogen (secondary N) is 1. The predicted molar refractivity (Wildman–Crippen MR) is 141 cm³/mol. The van der Waals surface area contributed by atoms with E-state index in [0.29, 0.717) is 0 Å². The molecule has 0 aliphatic heterocycles. The minimum atomic E-state index is -3.11. The van der Waals surface area contributed by atoms with Crippen molar-refractivity contribution in [3.8, 4) is 0 Å². The molecule has 4 aromatic rings. The summed E-state index contributed by atoms with van der Waals surface area (Å²) in [7, 11) is -3.11. The Kier molecular flexibility index (Phi) is 7.73. The number of aryl methyl sites for hydroxylation is 1. The maximum atomic E-state index is 14.7. The third-order valence-electron chi connectivity index (χ3n) is 6.06. The van der Waals surface area contributed by atoms with Crippen molar-refractivity contribution in [3.63, 3.8) is 0 Å². The Labute approximate surface area is 197 Å². The van der Waals surface area contributed by atoms with Gasteiger partial charge in [0.1, 0.15) is 0 Å². The van der Waals surface area contributed by atoms with Gasteiger partial charge in [-0.15, -0.1) is 6.58 Å². The third kappa shape index (κ3) is 5.60. The Bertz CT molecular complexity index is 1130. The Hall–Kier alpha value is -3.19. The number of rotatable bonds is 10. The average Bonchev–Trinajstić information content (AvgIpc) is 2.90.